The fourth-order valence-corrected chi connectivity index (χ4v) is 2.15. The molecule has 0 spiro atoms. The first kappa shape index (κ1) is 16.0. The summed E-state index contributed by atoms with van der Waals surface area (Å²) in [6.45, 7) is 3.68. The highest BCUT2D eigenvalue weighted by molar-refractivity contribution is 5.74. The Kier molecular flexibility index (Phi) is 4.82. The van der Waals surface area contributed by atoms with Gasteiger partial charge in [0.2, 0.25) is 0 Å². The van der Waals surface area contributed by atoms with E-state index in [-0.39, 0.29) is 18.6 Å². The van der Waals surface area contributed by atoms with Gasteiger partial charge in [-0.2, -0.15) is 5.10 Å². The van der Waals surface area contributed by atoms with E-state index >= 15 is 0 Å². The number of hydrogen-bond donors (Lipinski definition) is 3. The van der Waals surface area contributed by atoms with Crippen LogP contribution in [0.15, 0.2) is 42.7 Å². The minimum Gasteiger partial charge on any atom is -0.384 e. The van der Waals surface area contributed by atoms with Gasteiger partial charge < -0.3 is 15.7 Å². The summed E-state index contributed by atoms with van der Waals surface area (Å²) in [5.41, 5.74) is 0.568. The molecule has 1 aromatic heterocycles. The Labute approximate surface area is 130 Å². The predicted octanol–water partition coefficient (Wildman–Crippen LogP) is 1.69. The molecule has 2 amide bonds. The Morgan fingerprint density at radius 2 is 2.09 bits per heavy atom. The molecule has 0 fully saturated rings. The number of benzene rings is 1. The third-order valence-corrected chi connectivity index (χ3v) is 3.56. The van der Waals surface area contributed by atoms with Crippen molar-refractivity contribution in [2.75, 3.05) is 6.54 Å². The van der Waals surface area contributed by atoms with Gasteiger partial charge in [-0.1, -0.05) is 30.3 Å². The second-order valence-corrected chi connectivity index (χ2v) is 5.64. The molecule has 0 saturated carbocycles. The number of aliphatic hydroxyl groups is 1. The first-order valence-corrected chi connectivity index (χ1v) is 7.19. The number of aryl methyl sites for hydroxylation is 1. The number of nitrogens with one attached hydrogen (secondary N) is 2. The molecule has 6 nitrogen and oxygen atoms in total. The van der Waals surface area contributed by atoms with Crippen LogP contribution in [-0.4, -0.2) is 27.5 Å². The zero-order chi connectivity index (χ0) is 16.2. The summed E-state index contributed by atoms with van der Waals surface area (Å²) >= 11 is 0. The largest absolute Gasteiger partial charge is 0.384 e. The zero-order valence-corrected chi connectivity index (χ0v) is 13.1. The predicted molar refractivity (Wildman–Crippen MR) is 84.2 cm³/mol. The monoisotopic (exact) mass is 302 g/mol. The summed E-state index contributed by atoms with van der Waals surface area (Å²) in [5.74, 6) is 0. The second-order valence-electron chi connectivity index (χ2n) is 5.64. The van der Waals surface area contributed by atoms with Crippen LogP contribution in [0.4, 0.5) is 4.79 Å². The van der Waals surface area contributed by atoms with Crippen molar-refractivity contribution >= 4 is 6.03 Å². The first-order chi connectivity index (χ1) is 10.4. The van der Waals surface area contributed by atoms with Crippen LogP contribution < -0.4 is 10.6 Å². The smallest absolute Gasteiger partial charge is 0.315 e. The number of nitrogens with zero attached hydrogens (tertiary/aromatic N) is 2. The molecule has 22 heavy (non-hydrogen) atoms. The lowest BCUT2D eigenvalue weighted by Gasteiger charge is -2.24. The quantitative estimate of drug-likeness (QED) is 0.786. The van der Waals surface area contributed by atoms with Crippen LogP contribution in [0.25, 0.3) is 0 Å². The van der Waals surface area contributed by atoms with Crippen LogP contribution >= 0.6 is 0 Å². The minimum atomic E-state index is -1.11. The molecule has 3 N–H and O–H groups in total. The van der Waals surface area contributed by atoms with Gasteiger partial charge in [-0.3, -0.25) is 4.68 Å². The van der Waals surface area contributed by atoms with Crippen LogP contribution in [0, 0.1) is 0 Å². The molecule has 2 atom stereocenters. The fraction of sp³-hybridized carbons (Fsp3) is 0.375. The summed E-state index contributed by atoms with van der Waals surface area (Å²) < 4.78 is 1.69. The van der Waals surface area contributed by atoms with Gasteiger partial charge in [-0.25, -0.2) is 4.79 Å². The van der Waals surface area contributed by atoms with Crippen molar-refractivity contribution in [1.29, 1.82) is 0 Å². The van der Waals surface area contributed by atoms with E-state index in [9.17, 15) is 9.90 Å². The molecule has 2 aromatic rings. The maximum atomic E-state index is 12.0. The Bertz CT molecular complexity index is 622. The lowest BCUT2D eigenvalue weighted by molar-refractivity contribution is 0.0593. The number of amides is 2. The van der Waals surface area contributed by atoms with Gasteiger partial charge in [0.25, 0.3) is 0 Å². The Morgan fingerprint density at radius 3 is 2.68 bits per heavy atom. The summed E-state index contributed by atoms with van der Waals surface area (Å²) in [4.78, 5) is 12.0. The van der Waals surface area contributed by atoms with Crippen LogP contribution in [0.3, 0.4) is 0 Å². The van der Waals surface area contributed by atoms with Crippen molar-refractivity contribution in [3.8, 4) is 0 Å². The third-order valence-electron chi connectivity index (χ3n) is 3.56. The van der Waals surface area contributed by atoms with Crippen LogP contribution in [0.1, 0.15) is 31.0 Å². The van der Waals surface area contributed by atoms with E-state index in [0.29, 0.717) is 0 Å². The second kappa shape index (κ2) is 6.62. The SMILES string of the molecule is CC(NC(=O)NCC(C)(O)c1ccccc1)c1cnn(C)c1. The molecule has 1 heterocycles. The molecule has 118 valence electrons. The Balaban J connectivity index is 1.87. The first-order valence-electron chi connectivity index (χ1n) is 7.19. The highest BCUT2D eigenvalue weighted by Gasteiger charge is 2.23. The number of carbonyl (C=O) groups excluding carboxylic acids is 1. The minimum absolute atomic E-state index is 0.128. The molecule has 6 heteroatoms. The summed E-state index contributed by atoms with van der Waals surface area (Å²) in [6.07, 6.45) is 3.57. The van der Waals surface area contributed by atoms with Crippen molar-refractivity contribution in [1.82, 2.24) is 20.4 Å². The zero-order valence-electron chi connectivity index (χ0n) is 13.1. The van der Waals surface area contributed by atoms with Crippen molar-refractivity contribution in [3.63, 3.8) is 0 Å². The molecule has 1 aromatic carbocycles. The highest BCUT2D eigenvalue weighted by Crippen LogP contribution is 2.19. The Morgan fingerprint density at radius 1 is 1.41 bits per heavy atom. The topological polar surface area (TPSA) is 79.2 Å². The van der Waals surface area contributed by atoms with Gasteiger partial charge in [-0.05, 0) is 19.4 Å². The number of aromatic nitrogens is 2. The molecule has 0 radical (unpaired) electrons. The van der Waals surface area contributed by atoms with E-state index in [1.165, 1.54) is 0 Å². The van der Waals surface area contributed by atoms with Gasteiger partial charge in [-0.15, -0.1) is 0 Å². The van der Waals surface area contributed by atoms with Crippen molar-refractivity contribution in [3.05, 3.63) is 53.9 Å². The van der Waals surface area contributed by atoms with Crippen molar-refractivity contribution < 1.29 is 9.90 Å². The lowest BCUT2D eigenvalue weighted by atomic mass is 9.96. The third kappa shape index (κ3) is 4.08. The van der Waals surface area contributed by atoms with Crippen LogP contribution in [0.5, 0.6) is 0 Å². The molecule has 2 unspecified atom stereocenters. The van der Waals surface area contributed by atoms with Gasteiger partial charge >= 0.3 is 6.03 Å². The normalized spacial score (nSPS) is 14.9. The van der Waals surface area contributed by atoms with Gasteiger partial charge in [0.1, 0.15) is 5.60 Å². The maximum Gasteiger partial charge on any atom is 0.315 e. The number of rotatable bonds is 5. The van der Waals surface area contributed by atoms with E-state index in [2.05, 4.69) is 15.7 Å². The molecular formula is C16H22N4O2. The summed E-state index contributed by atoms with van der Waals surface area (Å²) in [6, 6.07) is 8.77. The molecule has 0 aliphatic rings. The van der Waals surface area contributed by atoms with Gasteiger partial charge in [0.15, 0.2) is 0 Å². The molecular weight excluding hydrogens is 280 g/mol. The fourth-order valence-electron chi connectivity index (χ4n) is 2.15. The molecule has 0 aliphatic heterocycles. The summed E-state index contributed by atoms with van der Waals surface area (Å²) in [5, 5.41) is 20.0. The van der Waals surface area contributed by atoms with Crippen molar-refractivity contribution in [2.45, 2.75) is 25.5 Å². The average Bonchev–Trinajstić information content (AvgIpc) is 2.93. The van der Waals surface area contributed by atoms with E-state index in [0.717, 1.165) is 11.1 Å². The van der Waals surface area contributed by atoms with E-state index in [1.54, 1.807) is 17.8 Å². The molecule has 0 saturated heterocycles. The maximum absolute atomic E-state index is 12.0. The molecule has 2 rings (SSSR count). The van der Waals surface area contributed by atoms with Gasteiger partial charge in [0, 0.05) is 18.8 Å². The van der Waals surface area contributed by atoms with E-state index in [4.69, 9.17) is 0 Å². The van der Waals surface area contributed by atoms with Crippen LogP contribution in [0.2, 0.25) is 0 Å². The summed E-state index contributed by atoms with van der Waals surface area (Å²) in [7, 11) is 1.83. The standard InChI is InChI=1S/C16H22N4O2/c1-12(13-9-18-20(3)10-13)19-15(21)17-11-16(2,22)14-7-5-4-6-8-14/h4-10,12,22H,11H2,1-3H3,(H2,17,19,21). The highest BCUT2D eigenvalue weighted by atomic mass is 16.3. The van der Waals surface area contributed by atoms with Gasteiger partial charge in [0.05, 0.1) is 18.8 Å². The van der Waals surface area contributed by atoms with E-state index in [1.807, 2.05) is 50.5 Å². The number of carbonyl (C=O) groups is 1. The lowest BCUT2D eigenvalue weighted by Crippen LogP contribution is -2.44. The van der Waals surface area contributed by atoms with E-state index < -0.39 is 5.60 Å². The van der Waals surface area contributed by atoms with Crippen molar-refractivity contribution in [2.24, 2.45) is 7.05 Å². The number of urea groups is 1. The average molecular weight is 302 g/mol. The van der Waals surface area contributed by atoms with Crippen LogP contribution in [-0.2, 0) is 12.6 Å². The number of hydrogen-bond acceptors (Lipinski definition) is 3. The molecule has 0 bridgehead atoms. The molecule has 0 aliphatic carbocycles. The Hall–Kier alpha value is -2.34.